The van der Waals surface area contributed by atoms with E-state index in [1.54, 1.807) is 36.5 Å². The zero-order valence-corrected chi connectivity index (χ0v) is 18.9. The highest BCUT2D eigenvalue weighted by molar-refractivity contribution is 5.97. The number of amides is 1. The molecule has 0 aliphatic heterocycles. The number of carbonyl (C=O) groups is 1. The summed E-state index contributed by atoms with van der Waals surface area (Å²) in [6, 6.07) is 21.7. The molecule has 7 nitrogen and oxygen atoms in total. The first-order valence-corrected chi connectivity index (χ1v) is 11.1. The van der Waals surface area contributed by atoms with Gasteiger partial charge in [-0.1, -0.05) is 48.5 Å². The number of hydrogen-bond donors (Lipinski definition) is 2. The van der Waals surface area contributed by atoms with Gasteiger partial charge in [-0.2, -0.15) is 0 Å². The molecule has 0 radical (unpaired) electrons. The molecule has 0 unspecified atom stereocenters. The zero-order valence-electron chi connectivity index (χ0n) is 18.9. The summed E-state index contributed by atoms with van der Waals surface area (Å²) in [5, 5.41) is 12.0. The van der Waals surface area contributed by atoms with Gasteiger partial charge < -0.3 is 9.88 Å². The zero-order chi connectivity index (χ0) is 24.5. The number of halogens is 1. The lowest BCUT2D eigenvalue weighted by Crippen LogP contribution is -2.36. The molecule has 174 valence electrons. The molecule has 0 bridgehead atoms. The molecule has 0 spiro atoms. The van der Waals surface area contributed by atoms with Crippen LogP contribution >= 0.6 is 0 Å². The Morgan fingerprint density at radius 1 is 1.06 bits per heavy atom. The van der Waals surface area contributed by atoms with Crippen LogP contribution in [0.2, 0.25) is 0 Å². The Balaban J connectivity index is 1.68. The fourth-order valence-electron chi connectivity index (χ4n) is 4.09. The van der Waals surface area contributed by atoms with Crippen LogP contribution in [-0.4, -0.2) is 19.9 Å². The first-order chi connectivity index (χ1) is 16.9. The van der Waals surface area contributed by atoms with Crippen LogP contribution in [0.15, 0.2) is 89.9 Å². The quantitative estimate of drug-likeness (QED) is 0.385. The van der Waals surface area contributed by atoms with E-state index in [4.69, 9.17) is 5.41 Å². The predicted octanol–water partition coefficient (Wildman–Crippen LogP) is 3.81. The molecule has 1 atom stereocenters. The number of carbonyl (C=O) groups excluding carboxylic acids is 1. The minimum absolute atomic E-state index is 0.0529. The summed E-state index contributed by atoms with van der Waals surface area (Å²) in [7, 11) is 0. The highest BCUT2D eigenvalue weighted by atomic mass is 19.1. The van der Waals surface area contributed by atoms with Crippen molar-refractivity contribution >= 4 is 22.6 Å². The summed E-state index contributed by atoms with van der Waals surface area (Å²) in [5.41, 5.74) is 1.94. The third-order valence-electron chi connectivity index (χ3n) is 5.96. The normalized spacial score (nSPS) is 12.1. The minimum Gasteiger partial charge on any atom is -0.345 e. The van der Waals surface area contributed by atoms with Gasteiger partial charge in [-0.15, -0.1) is 0 Å². The number of aromatic nitrogens is 3. The van der Waals surface area contributed by atoms with Crippen LogP contribution in [0.3, 0.4) is 0 Å². The number of nitrogens with zero attached hydrogens (tertiary/aromatic N) is 3. The van der Waals surface area contributed by atoms with Gasteiger partial charge in [0.05, 0.1) is 23.5 Å². The van der Waals surface area contributed by atoms with Gasteiger partial charge in [-0.25, -0.2) is 9.37 Å². The SMILES string of the molecule is C[C@@H](NC(=O)c1cc2c(=O)n3ccccc3nc2n(Cc2ccc(F)cc2)c1=N)c1ccccc1. The fraction of sp³-hybridized carbons (Fsp3) is 0.111. The van der Waals surface area contributed by atoms with E-state index in [9.17, 15) is 14.0 Å². The first-order valence-electron chi connectivity index (χ1n) is 11.1. The largest absolute Gasteiger partial charge is 0.345 e. The van der Waals surface area contributed by atoms with Gasteiger partial charge in [0.2, 0.25) is 0 Å². The third kappa shape index (κ3) is 4.21. The van der Waals surface area contributed by atoms with Crippen molar-refractivity contribution in [2.75, 3.05) is 0 Å². The van der Waals surface area contributed by atoms with Gasteiger partial charge in [-0.05, 0) is 48.4 Å². The molecule has 5 aromatic rings. The van der Waals surface area contributed by atoms with Crippen molar-refractivity contribution < 1.29 is 9.18 Å². The average molecular weight is 468 g/mol. The smallest absolute Gasteiger partial charge is 0.267 e. The highest BCUT2D eigenvalue weighted by Crippen LogP contribution is 2.15. The average Bonchev–Trinajstić information content (AvgIpc) is 2.87. The van der Waals surface area contributed by atoms with Gasteiger partial charge in [0.15, 0.2) is 0 Å². The Labute approximate surface area is 199 Å². The maximum atomic E-state index is 13.5. The molecule has 8 heteroatoms. The van der Waals surface area contributed by atoms with E-state index in [0.717, 1.165) is 5.56 Å². The lowest BCUT2D eigenvalue weighted by Gasteiger charge is -2.17. The molecule has 0 aliphatic carbocycles. The van der Waals surface area contributed by atoms with Crippen molar-refractivity contribution in [2.45, 2.75) is 19.5 Å². The Hall–Kier alpha value is -4.59. The highest BCUT2D eigenvalue weighted by Gasteiger charge is 2.19. The first kappa shape index (κ1) is 22.2. The fourth-order valence-corrected chi connectivity index (χ4v) is 4.09. The van der Waals surface area contributed by atoms with E-state index in [1.807, 2.05) is 37.3 Å². The molecule has 2 aromatic carbocycles. The third-order valence-corrected chi connectivity index (χ3v) is 5.96. The second kappa shape index (κ2) is 8.98. The van der Waals surface area contributed by atoms with E-state index < -0.39 is 5.91 Å². The molecule has 5 rings (SSSR count). The number of rotatable bonds is 5. The van der Waals surface area contributed by atoms with Gasteiger partial charge in [-0.3, -0.25) is 19.4 Å². The van der Waals surface area contributed by atoms with Crippen LogP contribution < -0.4 is 16.4 Å². The number of benzene rings is 2. The Bertz CT molecular complexity index is 1670. The molecular weight excluding hydrogens is 445 g/mol. The second-order valence-corrected chi connectivity index (χ2v) is 8.31. The summed E-state index contributed by atoms with van der Waals surface area (Å²) in [4.78, 5) is 31.3. The summed E-state index contributed by atoms with van der Waals surface area (Å²) in [5.74, 6) is -0.848. The monoisotopic (exact) mass is 467 g/mol. The van der Waals surface area contributed by atoms with Crippen LogP contribution in [0, 0.1) is 11.2 Å². The molecule has 3 aromatic heterocycles. The van der Waals surface area contributed by atoms with Crippen LogP contribution in [0.5, 0.6) is 0 Å². The number of fused-ring (bicyclic) bond motifs is 2. The molecule has 0 aliphatic rings. The van der Waals surface area contributed by atoms with Crippen LogP contribution in [-0.2, 0) is 6.54 Å². The van der Waals surface area contributed by atoms with E-state index in [2.05, 4.69) is 10.3 Å². The van der Waals surface area contributed by atoms with Crippen molar-refractivity contribution in [3.63, 3.8) is 0 Å². The molecule has 3 heterocycles. The Morgan fingerprint density at radius 3 is 2.51 bits per heavy atom. The number of hydrogen-bond acceptors (Lipinski definition) is 4. The second-order valence-electron chi connectivity index (χ2n) is 8.31. The van der Waals surface area contributed by atoms with Crippen molar-refractivity contribution in [3.8, 4) is 0 Å². The predicted molar refractivity (Wildman–Crippen MR) is 131 cm³/mol. The molecule has 1 amide bonds. The van der Waals surface area contributed by atoms with Crippen molar-refractivity contribution in [2.24, 2.45) is 0 Å². The van der Waals surface area contributed by atoms with E-state index in [1.165, 1.54) is 27.2 Å². The van der Waals surface area contributed by atoms with Crippen molar-refractivity contribution in [1.82, 2.24) is 19.3 Å². The van der Waals surface area contributed by atoms with E-state index >= 15 is 0 Å². The van der Waals surface area contributed by atoms with Crippen LogP contribution in [0.4, 0.5) is 4.39 Å². The summed E-state index contributed by atoms with van der Waals surface area (Å²) >= 11 is 0. The lowest BCUT2D eigenvalue weighted by molar-refractivity contribution is 0.0937. The summed E-state index contributed by atoms with van der Waals surface area (Å²) in [6.45, 7) is 1.99. The van der Waals surface area contributed by atoms with Gasteiger partial charge >= 0.3 is 0 Å². The topological polar surface area (TPSA) is 92.2 Å². The maximum absolute atomic E-state index is 13.5. The Kier molecular flexibility index (Phi) is 5.70. The van der Waals surface area contributed by atoms with Gasteiger partial charge in [0.1, 0.15) is 22.6 Å². The maximum Gasteiger partial charge on any atom is 0.267 e. The standard InChI is InChI=1S/C27H22FN5O2/c1-17(19-7-3-2-4-8-19)30-26(34)21-15-22-25(31-23-9-5-6-14-32(23)27(22)35)33(24(21)29)16-18-10-12-20(28)13-11-18/h2-15,17,29H,16H2,1H3,(H,30,34)/t17-/m1/s1. The molecule has 0 saturated heterocycles. The van der Waals surface area contributed by atoms with E-state index in [-0.39, 0.29) is 46.0 Å². The number of pyridine rings is 2. The number of nitrogens with one attached hydrogen (secondary N) is 2. The lowest BCUT2D eigenvalue weighted by atomic mass is 10.1. The van der Waals surface area contributed by atoms with Crippen LogP contribution in [0.25, 0.3) is 16.7 Å². The van der Waals surface area contributed by atoms with Crippen LogP contribution in [0.1, 0.15) is 34.5 Å². The molecular formula is C27H22FN5O2. The molecule has 2 N–H and O–H groups in total. The summed E-state index contributed by atoms with van der Waals surface area (Å²) < 4.78 is 16.4. The Morgan fingerprint density at radius 2 is 1.77 bits per heavy atom. The summed E-state index contributed by atoms with van der Waals surface area (Å²) in [6.07, 6.45) is 1.61. The van der Waals surface area contributed by atoms with Crippen molar-refractivity contribution in [1.29, 1.82) is 5.41 Å². The van der Waals surface area contributed by atoms with Crippen molar-refractivity contribution in [3.05, 3.63) is 123 Å². The van der Waals surface area contributed by atoms with Gasteiger partial charge in [0.25, 0.3) is 11.5 Å². The minimum atomic E-state index is -0.473. The molecule has 0 fully saturated rings. The molecule has 0 saturated carbocycles. The molecule has 35 heavy (non-hydrogen) atoms. The van der Waals surface area contributed by atoms with Gasteiger partial charge in [0, 0.05) is 6.20 Å². The van der Waals surface area contributed by atoms with E-state index in [0.29, 0.717) is 11.2 Å².